The maximum Gasteiger partial charge on any atom is 0.337 e. The average Bonchev–Trinajstić information content (AvgIpc) is 2.39. The van der Waals surface area contributed by atoms with E-state index < -0.39 is 5.97 Å². The van der Waals surface area contributed by atoms with Gasteiger partial charge in [0.1, 0.15) is 5.69 Å². The third-order valence-corrected chi connectivity index (χ3v) is 3.15. The fourth-order valence-electron chi connectivity index (χ4n) is 2.10. The van der Waals surface area contributed by atoms with E-state index in [1.54, 1.807) is 6.92 Å². The van der Waals surface area contributed by atoms with Gasteiger partial charge in [-0.25, -0.2) is 9.78 Å². The van der Waals surface area contributed by atoms with Crippen LogP contribution in [0.1, 0.15) is 45.8 Å². The Morgan fingerprint density at radius 3 is 2.74 bits per heavy atom. The number of rotatable bonds is 3. The predicted molar refractivity (Wildman–Crippen MR) is 70.2 cm³/mol. The highest BCUT2D eigenvalue weighted by Crippen LogP contribution is 2.12. The van der Waals surface area contributed by atoms with E-state index in [-0.39, 0.29) is 23.2 Å². The van der Waals surface area contributed by atoms with E-state index in [0.29, 0.717) is 5.69 Å². The molecule has 2 N–H and O–H groups in total. The van der Waals surface area contributed by atoms with Gasteiger partial charge in [0.2, 0.25) is 0 Å². The zero-order valence-electron chi connectivity index (χ0n) is 10.7. The number of hydrogen-bond donors (Lipinski definition) is 2. The van der Waals surface area contributed by atoms with Gasteiger partial charge in [0.15, 0.2) is 0 Å². The number of carboxylic acids is 1. The van der Waals surface area contributed by atoms with Crippen LogP contribution < -0.4 is 5.32 Å². The van der Waals surface area contributed by atoms with Crippen LogP contribution in [0.5, 0.6) is 0 Å². The second-order valence-corrected chi connectivity index (χ2v) is 4.59. The van der Waals surface area contributed by atoms with Crippen LogP contribution in [0.25, 0.3) is 0 Å². The average molecular weight is 260 g/mol. The normalized spacial score (nSPS) is 18.1. The number of hydrogen-bond acceptors (Lipinski definition) is 3. The summed E-state index contributed by atoms with van der Waals surface area (Å²) in [4.78, 5) is 26.9. The summed E-state index contributed by atoms with van der Waals surface area (Å²) in [5.74, 6) is -1.28. The maximum absolute atomic E-state index is 12.0. The number of carbonyl (C=O) groups excluding carboxylic acids is 1. The van der Waals surface area contributed by atoms with Crippen molar-refractivity contribution in [1.82, 2.24) is 10.3 Å². The first-order chi connectivity index (χ1) is 9.08. The highest BCUT2D eigenvalue weighted by Gasteiger charge is 2.17. The fraction of sp³-hybridized carbons (Fsp3) is 0.357. The van der Waals surface area contributed by atoms with Gasteiger partial charge in [-0.15, -0.1) is 0 Å². The predicted octanol–water partition coefficient (Wildman–Crippen LogP) is 1.93. The molecule has 1 aromatic heterocycles. The number of aryl methyl sites for hydroxylation is 1. The van der Waals surface area contributed by atoms with Crippen molar-refractivity contribution < 1.29 is 14.7 Å². The molecule has 1 aliphatic rings. The van der Waals surface area contributed by atoms with Crippen molar-refractivity contribution in [2.24, 2.45) is 0 Å². The molecule has 0 aromatic carbocycles. The second kappa shape index (κ2) is 5.65. The number of aromatic nitrogens is 1. The third kappa shape index (κ3) is 3.19. The van der Waals surface area contributed by atoms with E-state index in [2.05, 4.69) is 22.5 Å². The molecule has 2 rings (SSSR count). The molecule has 0 aliphatic heterocycles. The molecule has 100 valence electrons. The first-order valence-electron chi connectivity index (χ1n) is 6.24. The number of nitrogens with zero attached hydrogens (tertiary/aromatic N) is 1. The summed E-state index contributed by atoms with van der Waals surface area (Å²) in [6.45, 7) is 1.59. The monoisotopic (exact) mass is 260 g/mol. The summed E-state index contributed by atoms with van der Waals surface area (Å²) in [6, 6.07) is 3.00. The number of amides is 1. The lowest BCUT2D eigenvalue weighted by atomic mass is 10.0. The first kappa shape index (κ1) is 13.3. The Bertz CT molecular complexity index is 537. The molecule has 1 aromatic rings. The van der Waals surface area contributed by atoms with Gasteiger partial charge in [-0.1, -0.05) is 12.2 Å². The van der Waals surface area contributed by atoms with Crippen LogP contribution in [0.4, 0.5) is 0 Å². The van der Waals surface area contributed by atoms with Crippen molar-refractivity contribution in [3.8, 4) is 0 Å². The van der Waals surface area contributed by atoms with Crippen molar-refractivity contribution in [1.29, 1.82) is 0 Å². The molecule has 0 saturated carbocycles. The van der Waals surface area contributed by atoms with Crippen LogP contribution in [0.15, 0.2) is 24.3 Å². The standard InChI is InChI=1S/C14H16N2O3/c1-9-11(14(18)19)7-8-12(15-9)13(17)16-10-5-3-2-4-6-10/h2-3,7-8,10H,4-6H2,1H3,(H,16,17)(H,18,19). The summed E-state index contributed by atoms with van der Waals surface area (Å²) >= 11 is 0. The molecule has 5 nitrogen and oxygen atoms in total. The maximum atomic E-state index is 12.0. The molecule has 1 atom stereocenters. The molecular formula is C14H16N2O3. The summed E-state index contributed by atoms with van der Waals surface area (Å²) in [5.41, 5.74) is 0.734. The Hall–Kier alpha value is -2.17. The molecule has 0 saturated heterocycles. The number of carbonyl (C=O) groups is 2. The summed E-state index contributed by atoms with van der Waals surface area (Å²) in [5, 5.41) is 11.8. The molecule has 0 fully saturated rings. The molecule has 5 heteroatoms. The van der Waals surface area contributed by atoms with E-state index >= 15 is 0 Å². The number of aromatic carboxylic acids is 1. The topological polar surface area (TPSA) is 79.3 Å². The molecule has 19 heavy (non-hydrogen) atoms. The van der Waals surface area contributed by atoms with Gasteiger partial charge in [0, 0.05) is 6.04 Å². The van der Waals surface area contributed by atoms with Crippen LogP contribution in [0.3, 0.4) is 0 Å². The Kier molecular flexibility index (Phi) is 3.94. The zero-order valence-corrected chi connectivity index (χ0v) is 10.7. The minimum Gasteiger partial charge on any atom is -0.478 e. The minimum atomic E-state index is -1.03. The van der Waals surface area contributed by atoms with Crippen molar-refractivity contribution in [3.63, 3.8) is 0 Å². The molecular weight excluding hydrogens is 244 g/mol. The quantitative estimate of drug-likeness (QED) is 0.814. The van der Waals surface area contributed by atoms with Crippen molar-refractivity contribution in [2.45, 2.75) is 32.2 Å². The van der Waals surface area contributed by atoms with Crippen LogP contribution in [0.2, 0.25) is 0 Å². The molecule has 1 heterocycles. The fourth-order valence-corrected chi connectivity index (χ4v) is 2.10. The van der Waals surface area contributed by atoms with Crippen LogP contribution >= 0.6 is 0 Å². The second-order valence-electron chi connectivity index (χ2n) is 4.59. The SMILES string of the molecule is Cc1nc(C(=O)NC2CC=CCC2)ccc1C(=O)O. The Morgan fingerprint density at radius 2 is 2.16 bits per heavy atom. The van der Waals surface area contributed by atoms with Gasteiger partial charge in [0.25, 0.3) is 5.91 Å². The van der Waals surface area contributed by atoms with Gasteiger partial charge >= 0.3 is 5.97 Å². The van der Waals surface area contributed by atoms with Crippen LogP contribution in [0, 0.1) is 6.92 Å². The van der Waals surface area contributed by atoms with Gasteiger partial charge in [-0.2, -0.15) is 0 Å². The Morgan fingerprint density at radius 1 is 1.37 bits per heavy atom. The van der Waals surface area contributed by atoms with E-state index in [1.807, 2.05) is 0 Å². The lowest BCUT2D eigenvalue weighted by Crippen LogP contribution is -2.35. The molecule has 1 unspecified atom stereocenters. The van der Waals surface area contributed by atoms with Gasteiger partial charge < -0.3 is 10.4 Å². The molecule has 0 radical (unpaired) electrons. The van der Waals surface area contributed by atoms with Crippen LogP contribution in [-0.4, -0.2) is 28.0 Å². The highest BCUT2D eigenvalue weighted by molar-refractivity contribution is 5.94. The van der Waals surface area contributed by atoms with Gasteiger partial charge in [0.05, 0.1) is 11.3 Å². The van der Waals surface area contributed by atoms with Crippen LogP contribution in [-0.2, 0) is 0 Å². The molecule has 1 aliphatic carbocycles. The van der Waals surface area contributed by atoms with Crippen molar-refractivity contribution in [2.75, 3.05) is 0 Å². The first-order valence-corrected chi connectivity index (χ1v) is 6.24. The lowest BCUT2D eigenvalue weighted by molar-refractivity contribution is 0.0694. The van der Waals surface area contributed by atoms with E-state index in [1.165, 1.54) is 12.1 Å². The van der Waals surface area contributed by atoms with E-state index in [0.717, 1.165) is 19.3 Å². The van der Waals surface area contributed by atoms with Gasteiger partial charge in [-0.3, -0.25) is 4.79 Å². The number of nitrogens with one attached hydrogen (secondary N) is 1. The highest BCUT2D eigenvalue weighted by atomic mass is 16.4. The largest absolute Gasteiger partial charge is 0.478 e. The summed E-state index contributed by atoms with van der Waals surface area (Å²) in [6.07, 6.45) is 6.88. The lowest BCUT2D eigenvalue weighted by Gasteiger charge is -2.19. The smallest absolute Gasteiger partial charge is 0.337 e. The van der Waals surface area contributed by atoms with Crippen molar-refractivity contribution in [3.05, 3.63) is 41.2 Å². The summed E-state index contributed by atoms with van der Waals surface area (Å²) < 4.78 is 0. The Labute approximate surface area is 111 Å². The minimum absolute atomic E-state index is 0.122. The van der Waals surface area contributed by atoms with E-state index in [9.17, 15) is 9.59 Å². The number of carboxylic acid groups (broad SMARTS) is 1. The zero-order chi connectivity index (χ0) is 13.8. The number of allylic oxidation sites excluding steroid dienone is 1. The van der Waals surface area contributed by atoms with Crippen molar-refractivity contribution >= 4 is 11.9 Å². The van der Waals surface area contributed by atoms with E-state index in [4.69, 9.17) is 5.11 Å². The molecule has 0 spiro atoms. The summed E-state index contributed by atoms with van der Waals surface area (Å²) in [7, 11) is 0. The molecule has 1 amide bonds. The Balaban J connectivity index is 2.09. The third-order valence-electron chi connectivity index (χ3n) is 3.15. The number of pyridine rings is 1. The molecule has 0 bridgehead atoms. The van der Waals surface area contributed by atoms with Gasteiger partial charge in [-0.05, 0) is 38.3 Å².